The zero-order valence-corrected chi connectivity index (χ0v) is 22.1. The van der Waals surface area contributed by atoms with Crippen molar-refractivity contribution in [2.75, 3.05) is 63.9 Å². The summed E-state index contributed by atoms with van der Waals surface area (Å²) in [6, 6.07) is 5.80. The van der Waals surface area contributed by atoms with Crippen molar-refractivity contribution in [1.82, 2.24) is 24.8 Å². The molecule has 6 rings (SSSR count). The Labute approximate surface area is 229 Å². The molecule has 0 spiro atoms. The van der Waals surface area contributed by atoms with Gasteiger partial charge in [0, 0.05) is 73.4 Å². The third-order valence-corrected chi connectivity index (χ3v) is 8.30. The van der Waals surface area contributed by atoms with Gasteiger partial charge in [-0.1, -0.05) is 0 Å². The maximum absolute atomic E-state index is 13.7. The van der Waals surface area contributed by atoms with E-state index in [4.69, 9.17) is 14.7 Å². The van der Waals surface area contributed by atoms with Gasteiger partial charge in [-0.3, -0.25) is 9.80 Å². The number of anilines is 1. The van der Waals surface area contributed by atoms with E-state index >= 15 is 0 Å². The summed E-state index contributed by atoms with van der Waals surface area (Å²) < 4.78 is 85.8. The monoisotopic (exact) mass is 584 g/mol. The number of hydrogen-bond donors (Lipinski definition) is 1. The Morgan fingerprint density at radius 2 is 1.62 bits per heavy atom. The molecule has 1 N–H and O–H groups in total. The van der Waals surface area contributed by atoms with Crippen molar-refractivity contribution in [2.45, 2.75) is 18.9 Å². The smallest absolute Gasteiger partial charge is 0.378 e. The van der Waals surface area contributed by atoms with Gasteiger partial charge >= 0.3 is 12.4 Å². The number of morpholine rings is 1. The Bertz CT molecular complexity index is 1500. The molecule has 2 aliphatic heterocycles. The SMILES string of the molecule is FC(F)(F)CN1CCN(Cc2cc3nc(-c4cc(C(F)(F)F)cc5[nH]ccc45)nc(N4CCOCC4)c3s2)CC1. The number of halogens is 6. The van der Waals surface area contributed by atoms with Crippen LogP contribution in [0.4, 0.5) is 32.2 Å². The van der Waals surface area contributed by atoms with E-state index in [2.05, 4.69) is 14.8 Å². The molecule has 2 aliphatic rings. The first-order chi connectivity index (χ1) is 19.0. The third-order valence-electron chi connectivity index (χ3n) is 7.20. The average Bonchev–Trinajstić information content (AvgIpc) is 3.54. The van der Waals surface area contributed by atoms with Gasteiger partial charge in [-0.2, -0.15) is 26.3 Å². The van der Waals surface area contributed by atoms with E-state index < -0.39 is 24.5 Å². The molecule has 0 radical (unpaired) electrons. The maximum atomic E-state index is 13.7. The van der Waals surface area contributed by atoms with Gasteiger partial charge in [-0.05, 0) is 24.3 Å². The van der Waals surface area contributed by atoms with E-state index in [9.17, 15) is 26.3 Å². The number of nitrogens with zero attached hydrogens (tertiary/aromatic N) is 5. The molecule has 5 heterocycles. The van der Waals surface area contributed by atoms with Crippen molar-refractivity contribution in [1.29, 1.82) is 0 Å². The molecule has 3 aromatic heterocycles. The number of thiophene rings is 1. The highest BCUT2D eigenvalue weighted by molar-refractivity contribution is 7.19. The second-order valence-corrected chi connectivity index (χ2v) is 11.2. The molecule has 0 amide bonds. The van der Waals surface area contributed by atoms with E-state index in [1.54, 1.807) is 12.3 Å². The largest absolute Gasteiger partial charge is 0.416 e. The van der Waals surface area contributed by atoms with Crippen LogP contribution in [0.25, 0.3) is 32.5 Å². The van der Waals surface area contributed by atoms with Crippen LogP contribution in [0.3, 0.4) is 0 Å². The molecule has 0 saturated carbocycles. The molecule has 7 nitrogen and oxygen atoms in total. The molecular formula is C26H26F6N6OS. The van der Waals surface area contributed by atoms with Crippen molar-refractivity contribution in [3.8, 4) is 11.4 Å². The van der Waals surface area contributed by atoms with E-state index in [1.165, 1.54) is 16.2 Å². The molecule has 14 heteroatoms. The summed E-state index contributed by atoms with van der Waals surface area (Å²) in [6.45, 7) is 3.50. The zero-order chi connectivity index (χ0) is 28.1. The lowest BCUT2D eigenvalue weighted by molar-refractivity contribution is -0.149. The van der Waals surface area contributed by atoms with Gasteiger partial charge in [0.1, 0.15) is 0 Å². The summed E-state index contributed by atoms with van der Waals surface area (Å²) >= 11 is 1.51. The van der Waals surface area contributed by atoms with Crippen molar-refractivity contribution in [2.24, 2.45) is 0 Å². The van der Waals surface area contributed by atoms with Crippen LogP contribution in [0.1, 0.15) is 10.4 Å². The first-order valence-corrected chi connectivity index (χ1v) is 13.7. The van der Waals surface area contributed by atoms with Crippen molar-refractivity contribution in [3.05, 3.63) is 40.9 Å². The molecule has 0 aliphatic carbocycles. The number of ether oxygens (including phenoxy) is 1. The Hall–Kier alpha value is -2.94. The van der Waals surface area contributed by atoms with E-state index in [-0.39, 0.29) is 11.4 Å². The topological polar surface area (TPSA) is 60.5 Å². The summed E-state index contributed by atoms with van der Waals surface area (Å²) in [5, 5.41) is 0.590. The molecule has 4 aromatic rings. The number of H-pyrrole nitrogens is 1. The van der Waals surface area contributed by atoms with Gasteiger partial charge in [0.25, 0.3) is 0 Å². The van der Waals surface area contributed by atoms with Crippen LogP contribution < -0.4 is 4.90 Å². The third kappa shape index (κ3) is 5.76. The number of alkyl halides is 6. The number of aromatic amines is 1. The van der Waals surface area contributed by atoms with Gasteiger partial charge in [0.2, 0.25) is 0 Å². The highest BCUT2D eigenvalue weighted by Gasteiger charge is 2.33. The summed E-state index contributed by atoms with van der Waals surface area (Å²) in [6.07, 6.45) is -7.16. The molecular weight excluding hydrogens is 558 g/mol. The average molecular weight is 585 g/mol. The van der Waals surface area contributed by atoms with Crippen LogP contribution >= 0.6 is 11.3 Å². The predicted molar refractivity (Wildman–Crippen MR) is 141 cm³/mol. The zero-order valence-electron chi connectivity index (χ0n) is 21.3. The molecule has 0 bridgehead atoms. The summed E-state index contributed by atoms with van der Waals surface area (Å²) in [5.74, 6) is 0.852. The Morgan fingerprint density at radius 1 is 0.900 bits per heavy atom. The second kappa shape index (κ2) is 10.5. The normalized spacial score (nSPS) is 18.3. The van der Waals surface area contributed by atoms with Crippen LogP contribution in [-0.2, 0) is 17.5 Å². The Balaban J connectivity index is 1.36. The Kier molecular flexibility index (Phi) is 7.13. The molecule has 214 valence electrons. The lowest BCUT2D eigenvalue weighted by Gasteiger charge is -2.34. The number of aromatic nitrogens is 3. The lowest BCUT2D eigenvalue weighted by Crippen LogP contribution is -2.48. The minimum Gasteiger partial charge on any atom is -0.378 e. The first kappa shape index (κ1) is 27.2. The fourth-order valence-electron chi connectivity index (χ4n) is 5.25. The van der Waals surface area contributed by atoms with Crippen LogP contribution in [-0.4, -0.2) is 90.0 Å². The minimum absolute atomic E-state index is 0.204. The number of rotatable bonds is 5. The van der Waals surface area contributed by atoms with E-state index in [0.717, 1.165) is 21.7 Å². The standard InChI is InChI=1S/C26H26F6N6OS/c27-25(28,29)15-37-5-3-36(4-6-37)14-17-13-21-22(40-17)24(38-7-9-39-10-8-38)35-23(34-21)19-11-16(26(30,31)32)12-20-18(19)1-2-33-20/h1-2,11-13,33H,3-10,14-15H2. The van der Waals surface area contributed by atoms with Gasteiger partial charge < -0.3 is 14.6 Å². The summed E-state index contributed by atoms with van der Waals surface area (Å²) in [7, 11) is 0. The van der Waals surface area contributed by atoms with Crippen molar-refractivity contribution in [3.63, 3.8) is 0 Å². The number of fused-ring (bicyclic) bond motifs is 2. The molecule has 0 atom stereocenters. The number of piperazine rings is 1. The molecule has 2 fully saturated rings. The van der Waals surface area contributed by atoms with E-state index in [0.29, 0.717) is 81.3 Å². The fourth-order valence-corrected chi connectivity index (χ4v) is 6.40. The molecule has 1 aromatic carbocycles. The predicted octanol–water partition coefficient (Wildman–Crippen LogP) is 5.37. The van der Waals surface area contributed by atoms with Crippen molar-refractivity contribution < 1.29 is 31.1 Å². The van der Waals surface area contributed by atoms with Crippen LogP contribution in [0, 0.1) is 0 Å². The summed E-state index contributed by atoms with van der Waals surface area (Å²) in [5.41, 5.74) is 0.473. The number of benzene rings is 1. The van der Waals surface area contributed by atoms with Gasteiger partial charge in [-0.25, -0.2) is 9.97 Å². The number of hydrogen-bond acceptors (Lipinski definition) is 7. The first-order valence-electron chi connectivity index (χ1n) is 12.9. The van der Waals surface area contributed by atoms with Crippen LogP contribution in [0.2, 0.25) is 0 Å². The molecule has 0 unspecified atom stereocenters. The maximum Gasteiger partial charge on any atom is 0.416 e. The second-order valence-electron chi connectivity index (χ2n) is 10.0. The summed E-state index contributed by atoms with van der Waals surface area (Å²) in [4.78, 5) is 19.0. The van der Waals surface area contributed by atoms with Gasteiger partial charge in [0.15, 0.2) is 11.6 Å². The minimum atomic E-state index is -4.54. The quantitative estimate of drug-likeness (QED) is 0.318. The van der Waals surface area contributed by atoms with Crippen LogP contribution in [0.5, 0.6) is 0 Å². The lowest BCUT2D eigenvalue weighted by atomic mass is 10.0. The number of nitrogens with one attached hydrogen (secondary N) is 1. The highest BCUT2D eigenvalue weighted by atomic mass is 32.1. The highest BCUT2D eigenvalue weighted by Crippen LogP contribution is 2.39. The van der Waals surface area contributed by atoms with E-state index in [1.807, 2.05) is 6.07 Å². The van der Waals surface area contributed by atoms with Gasteiger partial charge in [-0.15, -0.1) is 11.3 Å². The van der Waals surface area contributed by atoms with Crippen LogP contribution in [0.15, 0.2) is 30.5 Å². The Morgan fingerprint density at radius 3 is 2.33 bits per heavy atom. The van der Waals surface area contributed by atoms with Gasteiger partial charge in [0.05, 0.1) is 35.5 Å². The van der Waals surface area contributed by atoms with Crippen molar-refractivity contribution >= 4 is 38.3 Å². The fraction of sp³-hybridized carbons (Fsp3) is 0.462. The molecule has 2 saturated heterocycles. The molecule has 40 heavy (non-hydrogen) atoms.